The van der Waals surface area contributed by atoms with Crippen LogP contribution in [0.25, 0.3) is 22.4 Å². The number of hydrogen-bond donors (Lipinski definition) is 0. The molecule has 4 aromatic rings. The minimum atomic E-state index is -0.467. The van der Waals surface area contributed by atoms with Crippen LogP contribution in [0, 0.1) is 17.7 Å². The average molecular weight is 342 g/mol. The lowest BCUT2D eigenvalue weighted by molar-refractivity contribution is 0.592. The van der Waals surface area contributed by atoms with E-state index in [1.54, 1.807) is 0 Å². The summed E-state index contributed by atoms with van der Waals surface area (Å²) in [4.78, 5) is 20.6. The number of pyridine rings is 1. The molecule has 0 atom stereocenters. The molecule has 0 saturated carbocycles. The highest BCUT2D eigenvalue weighted by Crippen LogP contribution is 2.21. The molecule has 0 aliphatic rings. The molecule has 5 heteroatoms. The third-order valence-corrected chi connectivity index (χ3v) is 3.74. The van der Waals surface area contributed by atoms with E-state index >= 15 is 0 Å². The van der Waals surface area contributed by atoms with Gasteiger partial charge in [0.05, 0.1) is 11.8 Å². The van der Waals surface area contributed by atoms with E-state index in [0.29, 0.717) is 11.1 Å². The van der Waals surface area contributed by atoms with Crippen molar-refractivity contribution in [3.63, 3.8) is 0 Å². The summed E-state index contributed by atoms with van der Waals surface area (Å²) in [6.45, 7) is 0. The predicted molar refractivity (Wildman–Crippen MR) is 95.9 cm³/mol. The lowest BCUT2D eigenvalue weighted by Gasteiger charge is -2.03. The first-order valence-electron chi connectivity index (χ1n) is 7.82. The van der Waals surface area contributed by atoms with Crippen LogP contribution in [0.5, 0.6) is 0 Å². The second-order valence-corrected chi connectivity index (χ2v) is 5.51. The molecule has 4 nitrogen and oxygen atoms in total. The van der Waals surface area contributed by atoms with Crippen LogP contribution in [-0.2, 0) is 0 Å². The maximum Gasteiger partial charge on any atom is 0.285 e. The Bertz CT molecular complexity index is 1200. The molecule has 0 aliphatic carbocycles. The second-order valence-electron chi connectivity index (χ2n) is 5.51. The normalized spacial score (nSPS) is 10.3. The quantitative estimate of drug-likeness (QED) is 0.494. The van der Waals surface area contributed by atoms with Gasteiger partial charge in [0.15, 0.2) is 5.58 Å². The Hall–Kier alpha value is -3.78. The summed E-state index contributed by atoms with van der Waals surface area (Å²) in [5, 5.41) is 0.272. The minimum absolute atomic E-state index is 0.109. The first kappa shape index (κ1) is 15.7. The van der Waals surface area contributed by atoms with E-state index in [-0.39, 0.29) is 22.7 Å². The van der Waals surface area contributed by atoms with Crippen molar-refractivity contribution in [3.8, 4) is 23.3 Å². The highest BCUT2D eigenvalue weighted by molar-refractivity contribution is 5.82. The fourth-order valence-corrected chi connectivity index (χ4v) is 2.49. The Morgan fingerprint density at radius 1 is 0.923 bits per heavy atom. The van der Waals surface area contributed by atoms with Crippen molar-refractivity contribution in [3.05, 3.63) is 94.3 Å². The van der Waals surface area contributed by atoms with Gasteiger partial charge in [-0.1, -0.05) is 30.0 Å². The Balaban J connectivity index is 1.84. The van der Waals surface area contributed by atoms with Crippen molar-refractivity contribution in [2.75, 3.05) is 0 Å². The zero-order chi connectivity index (χ0) is 17.9. The van der Waals surface area contributed by atoms with Gasteiger partial charge in [-0.3, -0.25) is 9.78 Å². The van der Waals surface area contributed by atoms with Crippen LogP contribution in [0.2, 0.25) is 0 Å². The molecule has 0 N–H and O–H groups in total. The Morgan fingerprint density at radius 3 is 2.46 bits per heavy atom. The monoisotopic (exact) mass is 342 g/mol. The standard InChI is InChI=1S/C21H11FN2O2/c22-17-10-8-15(9-11-17)21-24-20(25)19-16(12-23-13-18(19)26-21)7-6-14-4-2-1-3-5-14/h1-5,8-13H. The van der Waals surface area contributed by atoms with E-state index in [9.17, 15) is 9.18 Å². The molecule has 0 spiro atoms. The van der Waals surface area contributed by atoms with Gasteiger partial charge in [-0.15, -0.1) is 0 Å². The maximum atomic E-state index is 13.1. The lowest BCUT2D eigenvalue weighted by atomic mass is 10.1. The van der Waals surface area contributed by atoms with Crippen LogP contribution in [-0.4, -0.2) is 9.97 Å². The molecule has 2 aromatic carbocycles. The topological polar surface area (TPSA) is 56.0 Å². The molecule has 0 radical (unpaired) electrons. The molecule has 4 rings (SSSR count). The second kappa shape index (κ2) is 6.61. The van der Waals surface area contributed by atoms with E-state index < -0.39 is 5.56 Å². The molecule has 0 aliphatic heterocycles. The van der Waals surface area contributed by atoms with Crippen LogP contribution in [0.1, 0.15) is 11.1 Å². The number of nitrogens with zero attached hydrogens (tertiary/aromatic N) is 2. The van der Waals surface area contributed by atoms with Gasteiger partial charge in [0.2, 0.25) is 5.89 Å². The Morgan fingerprint density at radius 2 is 1.69 bits per heavy atom. The summed E-state index contributed by atoms with van der Waals surface area (Å²) >= 11 is 0. The molecule has 2 aromatic heterocycles. The van der Waals surface area contributed by atoms with Gasteiger partial charge in [-0.05, 0) is 36.4 Å². The summed E-state index contributed by atoms with van der Waals surface area (Å²) in [5.74, 6) is 5.67. The first-order valence-corrected chi connectivity index (χ1v) is 7.82. The number of aromatic nitrogens is 2. The average Bonchev–Trinajstić information content (AvgIpc) is 2.67. The molecule has 2 heterocycles. The van der Waals surface area contributed by atoms with E-state index in [4.69, 9.17) is 4.42 Å². The van der Waals surface area contributed by atoms with E-state index in [1.165, 1.54) is 36.7 Å². The molecule has 0 saturated heterocycles. The molecule has 26 heavy (non-hydrogen) atoms. The van der Waals surface area contributed by atoms with Gasteiger partial charge in [0.25, 0.3) is 5.56 Å². The van der Waals surface area contributed by atoms with Crippen molar-refractivity contribution in [2.24, 2.45) is 0 Å². The number of fused-ring (bicyclic) bond motifs is 1. The van der Waals surface area contributed by atoms with Crippen molar-refractivity contribution >= 4 is 11.0 Å². The summed E-state index contributed by atoms with van der Waals surface area (Å²) in [7, 11) is 0. The molecular weight excluding hydrogens is 331 g/mol. The largest absolute Gasteiger partial charge is 0.436 e. The van der Waals surface area contributed by atoms with Gasteiger partial charge >= 0.3 is 0 Å². The number of halogens is 1. The van der Waals surface area contributed by atoms with Crippen LogP contribution in [0.15, 0.2) is 76.2 Å². The third-order valence-electron chi connectivity index (χ3n) is 3.74. The zero-order valence-electron chi connectivity index (χ0n) is 13.4. The number of hydrogen-bond acceptors (Lipinski definition) is 4. The van der Waals surface area contributed by atoms with Crippen LogP contribution in [0.4, 0.5) is 4.39 Å². The Kier molecular flexibility index (Phi) is 4.00. The molecule has 0 fully saturated rings. The Labute approximate surface area is 148 Å². The van der Waals surface area contributed by atoms with Gasteiger partial charge in [-0.25, -0.2) is 4.39 Å². The summed E-state index contributed by atoms with van der Waals surface area (Å²) in [6.07, 6.45) is 2.95. The van der Waals surface area contributed by atoms with Crippen LogP contribution < -0.4 is 5.56 Å². The fraction of sp³-hybridized carbons (Fsp3) is 0. The first-order chi connectivity index (χ1) is 12.7. The predicted octanol–water partition coefficient (Wildman–Crippen LogP) is 3.79. The van der Waals surface area contributed by atoms with Crippen molar-refractivity contribution < 1.29 is 8.81 Å². The van der Waals surface area contributed by atoms with Crippen molar-refractivity contribution in [1.29, 1.82) is 0 Å². The van der Waals surface area contributed by atoms with Crippen molar-refractivity contribution in [2.45, 2.75) is 0 Å². The van der Waals surface area contributed by atoms with Crippen LogP contribution in [0.3, 0.4) is 0 Å². The zero-order valence-corrected chi connectivity index (χ0v) is 13.4. The molecule has 0 amide bonds. The van der Waals surface area contributed by atoms with Crippen LogP contribution >= 0.6 is 0 Å². The van der Waals surface area contributed by atoms with Gasteiger partial charge in [-0.2, -0.15) is 4.98 Å². The van der Waals surface area contributed by atoms with E-state index in [0.717, 1.165) is 5.56 Å². The minimum Gasteiger partial charge on any atom is -0.436 e. The maximum absolute atomic E-state index is 13.1. The molecule has 0 unspecified atom stereocenters. The van der Waals surface area contributed by atoms with E-state index in [1.807, 2.05) is 30.3 Å². The summed E-state index contributed by atoms with van der Waals surface area (Å²) < 4.78 is 18.8. The van der Waals surface area contributed by atoms with Gasteiger partial charge in [0.1, 0.15) is 11.2 Å². The third kappa shape index (κ3) is 3.08. The number of rotatable bonds is 1. The van der Waals surface area contributed by atoms with Gasteiger partial charge in [0, 0.05) is 17.3 Å². The number of benzene rings is 2. The highest BCUT2D eigenvalue weighted by atomic mass is 19.1. The summed E-state index contributed by atoms with van der Waals surface area (Å²) in [6, 6.07) is 15.0. The fourth-order valence-electron chi connectivity index (χ4n) is 2.49. The highest BCUT2D eigenvalue weighted by Gasteiger charge is 2.12. The molecular formula is C21H11FN2O2. The van der Waals surface area contributed by atoms with Gasteiger partial charge < -0.3 is 4.42 Å². The summed E-state index contributed by atoms with van der Waals surface area (Å²) in [5.41, 5.74) is 1.59. The smallest absolute Gasteiger partial charge is 0.285 e. The molecule has 124 valence electrons. The molecule has 0 bridgehead atoms. The van der Waals surface area contributed by atoms with Crippen molar-refractivity contribution in [1.82, 2.24) is 9.97 Å². The van der Waals surface area contributed by atoms with E-state index in [2.05, 4.69) is 21.8 Å². The SMILES string of the molecule is O=c1nc(-c2ccc(F)cc2)oc2cncc(C#Cc3ccccc3)c12. The lowest BCUT2D eigenvalue weighted by Crippen LogP contribution is -2.09.